The highest BCUT2D eigenvalue weighted by Gasteiger charge is 2.13. The molecule has 0 aliphatic carbocycles. The smallest absolute Gasteiger partial charge is 0.196 e. The number of carbonyl (C=O) groups excluding carboxylic acids is 1. The van der Waals surface area contributed by atoms with Crippen molar-refractivity contribution in [2.24, 2.45) is 0 Å². The topological polar surface area (TPSA) is 46.5 Å². The minimum absolute atomic E-state index is 0.0604. The van der Waals surface area contributed by atoms with Crippen molar-refractivity contribution in [2.75, 3.05) is 6.61 Å². The van der Waals surface area contributed by atoms with Crippen LogP contribution in [0.15, 0.2) is 48.5 Å². The molecule has 3 heteroatoms. The molecule has 1 N–H and O–H groups in total. The molecular weight excluding hydrogens is 300 g/mol. The Labute approximate surface area is 147 Å². The van der Waals surface area contributed by atoms with Gasteiger partial charge in [-0.1, -0.05) is 71.9 Å². The summed E-state index contributed by atoms with van der Waals surface area (Å²) in [5.41, 5.74) is 0.835. The Morgan fingerprint density at radius 3 is 1.92 bits per heavy atom. The first kappa shape index (κ1) is 24.0. The van der Waals surface area contributed by atoms with Crippen molar-refractivity contribution >= 4 is 5.78 Å². The zero-order valence-electron chi connectivity index (χ0n) is 16.1. The Morgan fingerprint density at radius 2 is 1.46 bits per heavy atom. The van der Waals surface area contributed by atoms with Gasteiger partial charge in [0.05, 0.1) is 12.2 Å². The van der Waals surface area contributed by atoms with Crippen LogP contribution in [0.25, 0.3) is 0 Å². The largest absolute Gasteiger partial charge is 0.507 e. The molecule has 0 unspecified atom stereocenters. The van der Waals surface area contributed by atoms with Gasteiger partial charge in [-0.05, 0) is 19.1 Å². The monoisotopic (exact) mass is 332 g/mol. The van der Waals surface area contributed by atoms with Gasteiger partial charge in [0.25, 0.3) is 0 Å². The molecule has 0 aliphatic heterocycles. The van der Waals surface area contributed by atoms with Crippen LogP contribution in [0, 0.1) is 0 Å². The van der Waals surface area contributed by atoms with Crippen LogP contribution in [0.4, 0.5) is 0 Å². The molecule has 134 valence electrons. The summed E-state index contributed by atoms with van der Waals surface area (Å²) >= 11 is 0. The normalized spacial score (nSPS) is 8.29. The van der Waals surface area contributed by atoms with Crippen molar-refractivity contribution in [3.8, 4) is 11.5 Å². The van der Waals surface area contributed by atoms with Gasteiger partial charge in [-0.15, -0.1) is 0 Å². The second kappa shape index (κ2) is 15.6. The number of phenols is 1. The molecule has 2 aromatic rings. The lowest BCUT2D eigenvalue weighted by Crippen LogP contribution is -2.01. The molecule has 0 saturated carbocycles. The summed E-state index contributed by atoms with van der Waals surface area (Å²) in [7, 11) is 0. The predicted octanol–water partition coefficient (Wildman–Crippen LogP) is 6.10. The van der Waals surface area contributed by atoms with E-state index in [1.165, 1.54) is 6.07 Å². The number of phenolic OH excluding ortho intramolecular Hbond substituents is 1. The number of hydrogen-bond acceptors (Lipinski definition) is 3. The van der Waals surface area contributed by atoms with E-state index in [2.05, 4.69) is 0 Å². The van der Waals surface area contributed by atoms with Crippen molar-refractivity contribution in [1.82, 2.24) is 0 Å². The standard InChI is InChI=1S/C15H14O3.3C2H6/c1-2-18-12-8-9-13(14(16)10-12)15(17)11-6-4-3-5-7-11;3*1-2/h3-10,16H,2H2,1H3;3*1-2H3. The maximum Gasteiger partial charge on any atom is 0.196 e. The lowest BCUT2D eigenvalue weighted by molar-refractivity contribution is 0.103. The van der Waals surface area contributed by atoms with Gasteiger partial charge in [-0.25, -0.2) is 0 Å². The predicted molar refractivity (Wildman–Crippen MR) is 103 cm³/mol. The Bertz CT molecular complexity index is 548. The molecule has 0 aromatic heterocycles. The number of rotatable bonds is 4. The van der Waals surface area contributed by atoms with Gasteiger partial charge in [0.1, 0.15) is 11.5 Å². The minimum Gasteiger partial charge on any atom is -0.507 e. The van der Waals surface area contributed by atoms with Crippen molar-refractivity contribution in [2.45, 2.75) is 48.5 Å². The molecule has 0 heterocycles. The van der Waals surface area contributed by atoms with Crippen LogP contribution in [-0.2, 0) is 0 Å². The zero-order valence-corrected chi connectivity index (χ0v) is 16.1. The van der Waals surface area contributed by atoms with Crippen LogP contribution in [-0.4, -0.2) is 17.5 Å². The van der Waals surface area contributed by atoms with Crippen molar-refractivity contribution in [3.63, 3.8) is 0 Å². The van der Waals surface area contributed by atoms with Crippen molar-refractivity contribution in [1.29, 1.82) is 0 Å². The van der Waals surface area contributed by atoms with E-state index in [-0.39, 0.29) is 17.1 Å². The van der Waals surface area contributed by atoms with E-state index in [1.807, 2.05) is 54.5 Å². The first-order valence-electron chi connectivity index (χ1n) is 8.78. The van der Waals surface area contributed by atoms with Gasteiger partial charge in [0.15, 0.2) is 5.78 Å². The second-order valence-corrected chi connectivity index (χ2v) is 3.81. The van der Waals surface area contributed by atoms with E-state index in [4.69, 9.17) is 4.74 Å². The van der Waals surface area contributed by atoms with E-state index >= 15 is 0 Å². The minimum atomic E-state index is -0.198. The number of carbonyl (C=O) groups is 1. The van der Waals surface area contributed by atoms with Gasteiger partial charge in [-0.2, -0.15) is 0 Å². The molecule has 0 saturated heterocycles. The number of hydrogen-bond donors (Lipinski definition) is 1. The highest BCUT2D eigenvalue weighted by Crippen LogP contribution is 2.25. The fraction of sp³-hybridized carbons (Fsp3) is 0.381. The molecular formula is C21H32O3. The number of ketones is 1. The van der Waals surface area contributed by atoms with E-state index in [0.717, 1.165) is 0 Å². The fourth-order valence-electron chi connectivity index (χ4n) is 1.70. The third-order valence-electron chi connectivity index (χ3n) is 2.56. The molecule has 0 radical (unpaired) electrons. The van der Waals surface area contributed by atoms with Gasteiger partial charge in [0.2, 0.25) is 0 Å². The molecule has 0 atom stereocenters. The molecule has 2 aromatic carbocycles. The summed E-state index contributed by atoms with van der Waals surface area (Å²) in [6.07, 6.45) is 0. The van der Waals surface area contributed by atoms with E-state index in [0.29, 0.717) is 17.9 Å². The number of ether oxygens (including phenoxy) is 1. The summed E-state index contributed by atoms with van der Waals surface area (Å²) in [4.78, 5) is 12.1. The number of aromatic hydroxyl groups is 1. The number of benzene rings is 2. The zero-order chi connectivity index (χ0) is 19.0. The Hall–Kier alpha value is -2.29. The average molecular weight is 332 g/mol. The quantitative estimate of drug-likeness (QED) is 0.688. The molecule has 0 spiro atoms. The van der Waals surface area contributed by atoms with Crippen molar-refractivity contribution in [3.05, 3.63) is 59.7 Å². The van der Waals surface area contributed by atoms with Crippen LogP contribution < -0.4 is 4.74 Å². The molecule has 0 amide bonds. The Morgan fingerprint density at radius 1 is 0.917 bits per heavy atom. The third kappa shape index (κ3) is 7.82. The maximum atomic E-state index is 12.1. The van der Waals surface area contributed by atoms with Crippen LogP contribution in [0.1, 0.15) is 64.4 Å². The van der Waals surface area contributed by atoms with Gasteiger partial charge >= 0.3 is 0 Å². The lowest BCUT2D eigenvalue weighted by atomic mass is 10.0. The molecule has 0 aliphatic rings. The molecule has 0 fully saturated rings. The van der Waals surface area contributed by atoms with Crippen molar-refractivity contribution < 1.29 is 14.6 Å². The Kier molecular flexibility index (Phi) is 15.6. The van der Waals surface area contributed by atoms with Gasteiger partial charge in [-0.3, -0.25) is 4.79 Å². The average Bonchev–Trinajstić information content (AvgIpc) is 2.67. The van der Waals surface area contributed by atoms with Crippen LogP contribution >= 0.6 is 0 Å². The van der Waals surface area contributed by atoms with E-state index < -0.39 is 0 Å². The lowest BCUT2D eigenvalue weighted by Gasteiger charge is -2.07. The van der Waals surface area contributed by atoms with Gasteiger partial charge in [0, 0.05) is 11.6 Å². The Balaban J connectivity index is 0. The summed E-state index contributed by atoms with van der Waals surface area (Å²) in [6.45, 7) is 14.4. The van der Waals surface area contributed by atoms with E-state index in [9.17, 15) is 9.90 Å². The highest BCUT2D eigenvalue weighted by atomic mass is 16.5. The van der Waals surface area contributed by atoms with Crippen LogP contribution in [0.2, 0.25) is 0 Å². The van der Waals surface area contributed by atoms with Crippen LogP contribution in [0.3, 0.4) is 0 Å². The summed E-state index contributed by atoms with van der Waals surface area (Å²) in [5.74, 6) is 0.297. The van der Waals surface area contributed by atoms with E-state index in [1.54, 1.807) is 36.4 Å². The molecule has 3 nitrogen and oxygen atoms in total. The second-order valence-electron chi connectivity index (χ2n) is 3.81. The maximum absolute atomic E-state index is 12.1. The fourth-order valence-corrected chi connectivity index (χ4v) is 1.70. The summed E-state index contributed by atoms with van der Waals surface area (Å²) < 4.78 is 5.26. The van der Waals surface area contributed by atoms with Gasteiger partial charge < -0.3 is 9.84 Å². The molecule has 2 rings (SSSR count). The molecule has 0 bridgehead atoms. The molecule has 24 heavy (non-hydrogen) atoms. The summed E-state index contributed by atoms with van der Waals surface area (Å²) in [6, 6.07) is 13.6. The SMILES string of the molecule is CC.CC.CC.CCOc1ccc(C(=O)c2ccccc2)c(O)c1. The van der Waals surface area contributed by atoms with Crippen LogP contribution in [0.5, 0.6) is 11.5 Å². The third-order valence-corrected chi connectivity index (χ3v) is 2.56. The highest BCUT2D eigenvalue weighted by molar-refractivity contribution is 6.10. The summed E-state index contributed by atoms with van der Waals surface area (Å²) in [5, 5.41) is 9.85. The first-order chi connectivity index (χ1) is 11.7. The first-order valence-corrected chi connectivity index (χ1v) is 8.78.